The van der Waals surface area contributed by atoms with E-state index in [0.717, 1.165) is 12.8 Å². The van der Waals surface area contributed by atoms with Gasteiger partial charge in [-0.3, -0.25) is 14.6 Å². The number of aromatic nitrogens is 1. The number of pyridine rings is 1. The van der Waals surface area contributed by atoms with Gasteiger partial charge in [0.2, 0.25) is 5.91 Å². The molecule has 0 aliphatic carbocycles. The van der Waals surface area contributed by atoms with Crippen molar-refractivity contribution in [3.63, 3.8) is 0 Å². The Morgan fingerprint density at radius 2 is 1.88 bits per heavy atom. The molecule has 2 amide bonds. The zero-order valence-electron chi connectivity index (χ0n) is 14.0. The van der Waals surface area contributed by atoms with Crippen LogP contribution in [0.2, 0.25) is 0 Å². The molecule has 0 spiro atoms. The van der Waals surface area contributed by atoms with E-state index in [1.54, 1.807) is 11.0 Å². The number of carbonyl (C=O) groups excluding carboxylic acids is 2. The molecule has 1 aromatic heterocycles. The number of nitrogens with two attached hydrogens (primary N) is 1. The third kappa shape index (κ3) is 2.51. The second kappa shape index (κ2) is 6.09. The molecule has 2 aromatic rings. The molecule has 0 atom stereocenters. The van der Waals surface area contributed by atoms with Crippen molar-refractivity contribution in [3.8, 4) is 11.5 Å². The lowest BCUT2D eigenvalue weighted by Gasteiger charge is -2.32. The molecule has 134 valence electrons. The standard InChI is InChI=1S/C19H18FN3O3/c20-12-1-3-14(4-2-12)26-16-11-22-10-7-15(16)17(24)23-13-5-8-19(23,9-6-13)18(21)25/h1-4,7,10-11,13H,5-6,8-9H2,(H2,21,25). The number of amides is 2. The highest BCUT2D eigenvalue weighted by Gasteiger charge is 2.57. The zero-order chi connectivity index (χ0) is 18.3. The highest BCUT2D eigenvalue weighted by Crippen LogP contribution is 2.47. The first kappa shape index (κ1) is 16.5. The second-order valence-corrected chi connectivity index (χ2v) is 6.73. The third-order valence-electron chi connectivity index (χ3n) is 5.34. The van der Waals surface area contributed by atoms with Gasteiger partial charge in [-0.2, -0.15) is 0 Å². The number of nitrogens with zero attached hydrogens (tertiary/aromatic N) is 2. The Balaban J connectivity index is 1.67. The summed E-state index contributed by atoms with van der Waals surface area (Å²) in [5.41, 5.74) is 5.04. The van der Waals surface area contributed by atoms with Gasteiger partial charge in [-0.05, 0) is 56.0 Å². The summed E-state index contributed by atoms with van der Waals surface area (Å²) in [5.74, 6) is -0.474. The number of hydrogen-bond donors (Lipinski definition) is 1. The Hall–Kier alpha value is -2.96. The lowest BCUT2D eigenvalue weighted by atomic mass is 9.87. The first-order valence-corrected chi connectivity index (χ1v) is 8.52. The van der Waals surface area contributed by atoms with Crippen LogP contribution >= 0.6 is 0 Å². The highest BCUT2D eigenvalue weighted by molar-refractivity contribution is 6.02. The van der Waals surface area contributed by atoms with Crippen LogP contribution in [0.25, 0.3) is 0 Å². The summed E-state index contributed by atoms with van der Waals surface area (Å²) in [6.07, 6.45) is 5.67. The van der Waals surface area contributed by atoms with E-state index in [0.29, 0.717) is 24.2 Å². The minimum Gasteiger partial charge on any atom is -0.455 e. The van der Waals surface area contributed by atoms with E-state index in [-0.39, 0.29) is 23.5 Å². The molecule has 2 fully saturated rings. The van der Waals surface area contributed by atoms with Gasteiger partial charge in [-0.25, -0.2) is 4.39 Å². The molecule has 2 aliphatic rings. The molecule has 2 bridgehead atoms. The van der Waals surface area contributed by atoms with E-state index in [1.807, 2.05) is 0 Å². The summed E-state index contributed by atoms with van der Waals surface area (Å²) >= 11 is 0. The smallest absolute Gasteiger partial charge is 0.258 e. The Morgan fingerprint density at radius 3 is 2.54 bits per heavy atom. The Labute approximate surface area is 149 Å². The molecule has 0 saturated carbocycles. The van der Waals surface area contributed by atoms with Crippen molar-refractivity contribution in [2.45, 2.75) is 37.3 Å². The van der Waals surface area contributed by atoms with Crippen molar-refractivity contribution < 1.29 is 18.7 Å². The first-order valence-electron chi connectivity index (χ1n) is 8.52. The molecular weight excluding hydrogens is 337 g/mol. The number of hydrogen-bond acceptors (Lipinski definition) is 4. The maximum atomic E-state index is 13.2. The van der Waals surface area contributed by atoms with E-state index in [1.165, 1.54) is 36.7 Å². The predicted molar refractivity (Wildman–Crippen MR) is 91.1 cm³/mol. The SMILES string of the molecule is NC(=O)C12CCC(CC1)N2C(=O)c1ccncc1Oc1ccc(F)cc1. The average Bonchev–Trinajstić information content (AvgIpc) is 3.21. The van der Waals surface area contributed by atoms with Crippen molar-refractivity contribution >= 4 is 11.8 Å². The number of benzene rings is 1. The van der Waals surface area contributed by atoms with Crippen LogP contribution in [0.5, 0.6) is 11.5 Å². The van der Waals surface area contributed by atoms with Crippen LogP contribution in [-0.2, 0) is 4.79 Å². The molecule has 2 saturated heterocycles. The van der Waals surface area contributed by atoms with Crippen molar-refractivity contribution in [1.29, 1.82) is 0 Å². The van der Waals surface area contributed by atoms with E-state index < -0.39 is 11.4 Å². The number of primary amides is 1. The summed E-state index contributed by atoms with van der Waals surface area (Å²) in [6.45, 7) is 0. The molecule has 26 heavy (non-hydrogen) atoms. The molecule has 6 nitrogen and oxygen atoms in total. The summed E-state index contributed by atoms with van der Waals surface area (Å²) in [4.78, 5) is 31.0. The quantitative estimate of drug-likeness (QED) is 0.914. The van der Waals surface area contributed by atoms with E-state index in [4.69, 9.17) is 10.5 Å². The summed E-state index contributed by atoms with van der Waals surface area (Å²) < 4.78 is 18.8. The van der Waals surface area contributed by atoms with E-state index >= 15 is 0 Å². The Kier molecular flexibility index (Phi) is 3.86. The number of carbonyl (C=O) groups is 2. The highest BCUT2D eigenvalue weighted by atomic mass is 19.1. The van der Waals surface area contributed by atoms with Gasteiger partial charge in [-0.1, -0.05) is 0 Å². The van der Waals surface area contributed by atoms with E-state index in [9.17, 15) is 14.0 Å². The molecule has 2 aliphatic heterocycles. The normalized spacial score (nSPS) is 23.9. The van der Waals surface area contributed by atoms with Crippen molar-refractivity contribution in [1.82, 2.24) is 9.88 Å². The summed E-state index contributed by atoms with van der Waals surface area (Å²) in [7, 11) is 0. The van der Waals surface area contributed by atoms with Crippen LogP contribution in [0.3, 0.4) is 0 Å². The average molecular weight is 355 g/mol. The van der Waals surface area contributed by atoms with Crippen LogP contribution in [0.1, 0.15) is 36.0 Å². The fourth-order valence-electron chi connectivity index (χ4n) is 4.05. The van der Waals surface area contributed by atoms with Crippen molar-refractivity contribution in [2.24, 2.45) is 5.73 Å². The molecule has 0 radical (unpaired) electrons. The van der Waals surface area contributed by atoms with Gasteiger partial charge in [0.25, 0.3) is 5.91 Å². The molecule has 0 unspecified atom stereocenters. The van der Waals surface area contributed by atoms with Gasteiger partial charge in [0.05, 0.1) is 11.8 Å². The maximum absolute atomic E-state index is 13.2. The first-order chi connectivity index (χ1) is 12.5. The fourth-order valence-corrected chi connectivity index (χ4v) is 4.05. The fraction of sp³-hybridized carbons (Fsp3) is 0.316. The molecule has 1 aromatic carbocycles. The lowest BCUT2D eigenvalue weighted by Crippen LogP contribution is -2.53. The van der Waals surface area contributed by atoms with Crippen molar-refractivity contribution in [2.75, 3.05) is 0 Å². The van der Waals surface area contributed by atoms with Gasteiger partial charge >= 0.3 is 0 Å². The molecular formula is C19H18FN3O3. The van der Waals surface area contributed by atoms with E-state index in [2.05, 4.69) is 4.98 Å². The monoisotopic (exact) mass is 355 g/mol. The number of rotatable bonds is 4. The van der Waals surface area contributed by atoms with Gasteiger partial charge in [0.15, 0.2) is 5.75 Å². The Bertz CT molecular complexity index is 861. The minimum absolute atomic E-state index is 0.0156. The third-order valence-corrected chi connectivity index (χ3v) is 5.34. The number of ether oxygens (including phenoxy) is 1. The van der Waals surface area contributed by atoms with Gasteiger partial charge < -0.3 is 15.4 Å². The van der Waals surface area contributed by atoms with Crippen LogP contribution < -0.4 is 10.5 Å². The van der Waals surface area contributed by atoms with Gasteiger partial charge in [0, 0.05) is 12.2 Å². The van der Waals surface area contributed by atoms with Crippen molar-refractivity contribution in [3.05, 3.63) is 54.1 Å². The topological polar surface area (TPSA) is 85.5 Å². The summed E-state index contributed by atoms with van der Waals surface area (Å²) in [6, 6.07) is 7.07. The lowest BCUT2D eigenvalue weighted by molar-refractivity contribution is -0.126. The minimum atomic E-state index is -0.905. The van der Waals surface area contributed by atoms with Gasteiger partial charge in [0.1, 0.15) is 17.1 Å². The predicted octanol–water partition coefficient (Wildman–Crippen LogP) is 2.64. The summed E-state index contributed by atoms with van der Waals surface area (Å²) in [5, 5.41) is 0. The van der Waals surface area contributed by atoms with Crippen LogP contribution in [-0.4, -0.2) is 33.3 Å². The van der Waals surface area contributed by atoms with Crippen LogP contribution in [0.4, 0.5) is 4.39 Å². The van der Waals surface area contributed by atoms with Crippen LogP contribution in [0, 0.1) is 5.82 Å². The van der Waals surface area contributed by atoms with Gasteiger partial charge in [-0.15, -0.1) is 0 Å². The number of halogens is 1. The Morgan fingerprint density at radius 1 is 1.19 bits per heavy atom. The second-order valence-electron chi connectivity index (χ2n) is 6.73. The molecule has 4 rings (SSSR count). The molecule has 3 heterocycles. The largest absolute Gasteiger partial charge is 0.455 e. The zero-order valence-corrected chi connectivity index (χ0v) is 14.0. The maximum Gasteiger partial charge on any atom is 0.258 e. The number of fused-ring (bicyclic) bond motifs is 2. The van der Waals surface area contributed by atoms with Crippen LogP contribution in [0.15, 0.2) is 42.7 Å². The molecule has 2 N–H and O–H groups in total. The molecule has 7 heteroatoms.